The van der Waals surface area contributed by atoms with Gasteiger partial charge in [0, 0.05) is 34.4 Å². The van der Waals surface area contributed by atoms with Crippen LogP contribution in [0.3, 0.4) is 0 Å². The van der Waals surface area contributed by atoms with Crippen LogP contribution in [0.2, 0.25) is 0 Å². The van der Waals surface area contributed by atoms with Gasteiger partial charge in [-0.15, -0.1) is 24.0 Å². The summed E-state index contributed by atoms with van der Waals surface area (Å²) in [6.45, 7) is 10.2. The van der Waals surface area contributed by atoms with Gasteiger partial charge in [-0.3, -0.25) is 4.21 Å². The van der Waals surface area contributed by atoms with Crippen LogP contribution >= 0.6 is 24.0 Å². The third-order valence-electron chi connectivity index (χ3n) is 3.46. The highest BCUT2D eigenvalue weighted by atomic mass is 127. The van der Waals surface area contributed by atoms with E-state index in [1.807, 2.05) is 45.9 Å². The minimum absolute atomic E-state index is 0. The SMILES string of the molecule is CCNC(=NCc1ccc2c(c1)OCO2)NCCS(=O)C(C)(C)C.I. The van der Waals surface area contributed by atoms with Gasteiger partial charge in [0.1, 0.15) is 0 Å². The topological polar surface area (TPSA) is 72.0 Å². The van der Waals surface area contributed by atoms with Gasteiger partial charge in [0.2, 0.25) is 6.79 Å². The molecule has 1 aromatic carbocycles. The van der Waals surface area contributed by atoms with Crippen molar-refractivity contribution < 1.29 is 13.7 Å². The summed E-state index contributed by atoms with van der Waals surface area (Å²) in [4.78, 5) is 4.57. The zero-order chi connectivity index (χ0) is 17.6. The number of halogens is 1. The highest BCUT2D eigenvalue weighted by Crippen LogP contribution is 2.32. The van der Waals surface area contributed by atoms with Gasteiger partial charge in [-0.05, 0) is 45.4 Å². The van der Waals surface area contributed by atoms with Crippen molar-refractivity contribution in [1.82, 2.24) is 10.6 Å². The Balaban J connectivity index is 0.00000312. The molecule has 0 amide bonds. The number of fused-ring (bicyclic) bond motifs is 1. The molecule has 1 aromatic rings. The Morgan fingerprint density at radius 1 is 1.24 bits per heavy atom. The standard InChI is InChI=1S/C17H27N3O3S.HI/c1-5-18-16(19-8-9-24(21)17(2,3)4)20-11-13-6-7-14-15(10-13)23-12-22-14;/h6-7,10H,5,8-9,11-12H2,1-4H3,(H2,18,19,20);1H. The summed E-state index contributed by atoms with van der Waals surface area (Å²) in [5, 5.41) is 6.44. The summed E-state index contributed by atoms with van der Waals surface area (Å²) in [5.41, 5.74) is 1.05. The molecule has 2 N–H and O–H groups in total. The van der Waals surface area contributed by atoms with Crippen LogP contribution in [-0.2, 0) is 17.3 Å². The van der Waals surface area contributed by atoms with Crippen LogP contribution in [-0.4, -0.2) is 40.6 Å². The summed E-state index contributed by atoms with van der Waals surface area (Å²) in [5.74, 6) is 2.86. The molecule has 142 valence electrons. The number of nitrogens with one attached hydrogen (secondary N) is 2. The first-order valence-electron chi connectivity index (χ1n) is 8.19. The van der Waals surface area contributed by atoms with Crippen molar-refractivity contribution >= 4 is 40.7 Å². The maximum absolute atomic E-state index is 12.1. The van der Waals surface area contributed by atoms with Crippen LogP contribution in [0.4, 0.5) is 0 Å². The van der Waals surface area contributed by atoms with E-state index in [4.69, 9.17) is 9.47 Å². The lowest BCUT2D eigenvalue weighted by Gasteiger charge is -2.18. The van der Waals surface area contributed by atoms with E-state index in [0.717, 1.165) is 29.6 Å². The minimum Gasteiger partial charge on any atom is -0.454 e. The molecule has 8 heteroatoms. The van der Waals surface area contributed by atoms with E-state index >= 15 is 0 Å². The van der Waals surface area contributed by atoms with Gasteiger partial charge >= 0.3 is 0 Å². The van der Waals surface area contributed by atoms with Crippen LogP contribution in [0.25, 0.3) is 0 Å². The molecule has 0 saturated heterocycles. The third kappa shape index (κ3) is 7.01. The monoisotopic (exact) mass is 481 g/mol. The minimum atomic E-state index is -0.873. The number of rotatable bonds is 6. The first kappa shape index (κ1) is 22.0. The van der Waals surface area contributed by atoms with Crippen molar-refractivity contribution in [2.24, 2.45) is 4.99 Å². The number of ether oxygens (including phenoxy) is 2. The smallest absolute Gasteiger partial charge is 0.231 e. The Bertz CT molecular complexity index is 618. The molecular weight excluding hydrogens is 453 g/mol. The van der Waals surface area contributed by atoms with E-state index in [0.29, 0.717) is 18.8 Å². The summed E-state index contributed by atoms with van der Waals surface area (Å²) in [7, 11) is -0.873. The van der Waals surface area contributed by atoms with E-state index in [1.54, 1.807) is 0 Å². The number of aliphatic imine (C=N–C) groups is 1. The van der Waals surface area contributed by atoms with Crippen LogP contribution in [0, 0.1) is 0 Å². The Morgan fingerprint density at radius 2 is 1.96 bits per heavy atom. The number of benzene rings is 1. The van der Waals surface area contributed by atoms with Crippen molar-refractivity contribution in [3.8, 4) is 11.5 Å². The predicted molar refractivity (Wildman–Crippen MR) is 114 cm³/mol. The molecular formula is C17H28IN3O3S. The van der Waals surface area contributed by atoms with Crippen LogP contribution in [0.1, 0.15) is 33.3 Å². The molecule has 1 aliphatic rings. The summed E-state index contributed by atoms with van der Waals surface area (Å²) < 4.78 is 22.6. The summed E-state index contributed by atoms with van der Waals surface area (Å²) >= 11 is 0. The molecule has 0 spiro atoms. The van der Waals surface area contributed by atoms with Crippen molar-refractivity contribution in [2.45, 2.75) is 39.0 Å². The van der Waals surface area contributed by atoms with E-state index in [2.05, 4.69) is 15.6 Å². The van der Waals surface area contributed by atoms with Gasteiger partial charge in [0.15, 0.2) is 17.5 Å². The molecule has 0 radical (unpaired) electrons. The number of hydrogen-bond acceptors (Lipinski definition) is 4. The van der Waals surface area contributed by atoms with E-state index < -0.39 is 10.8 Å². The summed E-state index contributed by atoms with van der Waals surface area (Å²) in [6, 6.07) is 5.83. The highest BCUT2D eigenvalue weighted by molar-refractivity contribution is 14.0. The second-order valence-corrected chi connectivity index (χ2v) is 8.80. The molecule has 0 bridgehead atoms. The lowest BCUT2D eigenvalue weighted by atomic mass is 10.2. The number of hydrogen-bond donors (Lipinski definition) is 2. The largest absolute Gasteiger partial charge is 0.454 e. The molecule has 25 heavy (non-hydrogen) atoms. The van der Waals surface area contributed by atoms with Gasteiger partial charge in [-0.25, -0.2) is 4.99 Å². The van der Waals surface area contributed by atoms with Crippen molar-refractivity contribution in [1.29, 1.82) is 0 Å². The number of guanidine groups is 1. The molecule has 0 saturated carbocycles. The van der Waals surface area contributed by atoms with Crippen molar-refractivity contribution in [3.05, 3.63) is 23.8 Å². The Morgan fingerprint density at radius 3 is 2.64 bits per heavy atom. The second-order valence-electron chi connectivity index (χ2n) is 6.47. The highest BCUT2D eigenvalue weighted by Gasteiger charge is 2.18. The molecule has 6 nitrogen and oxygen atoms in total. The van der Waals surface area contributed by atoms with Gasteiger partial charge in [-0.1, -0.05) is 6.07 Å². The maximum Gasteiger partial charge on any atom is 0.231 e. The van der Waals surface area contributed by atoms with E-state index in [1.165, 1.54) is 0 Å². The van der Waals surface area contributed by atoms with E-state index in [-0.39, 0.29) is 35.5 Å². The molecule has 0 aromatic heterocycles. The molecule has 0 fully saturated rings. The number of nitrogens with zero attached hydrogens (tertiary/aromatic N) is 1. The predicted octanol–water partition coefficient (Wildman–Crippen LogP) is 2.64. The van der Waals surface area contributed by atoms with Gasteiger partial charge < -0.3 is 20.1 Å². The van der Waals surface area contributed by atoms with Crippen LogP contribution < -0.4 is 20.1 Å². The molecule has 1 heterocycles. The Labute approximate surface area is 169 Å². The summed E-state index contributed by atoms with van der Waals surface area (Å²) in [6.07, 6.45) is 0. The average Bonchev–Trinajstić information content (AvgIpc) is 2.99. The molecule has 1 unspecified atom stereocenters. The fraction of sp³-hybridized carbons (Fsp3) is 0.588. The lowest BCUT2D eigenvalue weighted by Crippen LogP contribution is -2.40. The third-order valence-corrected chi connectivity index (χ3v) is 5.40. The molecule has 1 aliphatic heterocycles. The molecule has 1 atom stereocenters. The molecule has 0 aliphatic carbocycles. The van der Waals surface area contributed by atoms with E-state index in [9.17, 15) is 4.21 Å². The second kappa shape index (κ2) is 10.2. The zero-order valence-electron chi connectivity index (χ0n) is 15.3. The first-order valence-corrected chi connectivity index (χ1v) is 9.51. The normalized spacial score (nSPS) is 14.6. The fourth-order valence-corrected chi connectivity index (χ4v) is 3.02. The van der Waals surface area contributed by atoms with Gasteiger partial charge in [0.25, 0.3) is 0 Å². The first-order chi connectivity index (χ1) is 11.4. The Hall–Kier alpha value is -1.03. The zero-order valence-corrected chi connectivity index (χ0v) is 18.4. The van der Waals surface area contributed by atoms with Crippen molar-refractivity contribution in [2.75, 3.05) is 25.6 Å². The van der Waals surface area contributed by atoms with Crippen LogP contribution in [0.15, 0.2) is 23.2 Å². The van der Waals surface area contributed by atoms with Gasteiger partial charge in [-0.2, -0.15) is 0 Å². The quantitative estimate of drug-likeness (QED) is 0.372. The van der Waals surface area contributed by atoms with Gasteiger partial charge in [0.05, 0.1) is 6.54 Å². The maximum atomic E-state index is 12.1. The van der Waals surface area contributed by atoms with Crippen molar-refractivity contribution in [3.63, 3.8) is 0 Å². The lowest BCUT2D eigenvalue weighted by molar-refractivity contribution is 0.174. The average molecular weight is 481 g/mol. The Kier molecular flexibility index (Phi) is 8.98. The fourth-order valence-electron chi connectivity index (χ4n) is 2.12. The van der Waals surface area contributed by atoms with Crippen LogP contribution in [0.5, 0.6) is 11.5 Å². The molecule has 2 rings (SSSR count).